The first-order valence-corrected chi connectivity index (χ1v) is 8.29. The molecule has 0 spiro atoms. The van der Waals surface area contributed by atoms with Gasteiger partial charge in [-0.25, -0.2) is 0 Å². The van der Waals surface area contributed by atoms with Crippen LogP contribution in [0.2, 0.25) is 0 Å². The van der Waals surface area contributed by atoms with Crippen molar-refractivity contribution in [1.82, 2.24) is 4.90 Å². The van der Waals surface area contributed by atoms with Gasteiger partial charge in [0.2, 0.25) is 0 Å². The number of Topliss-reactive ketones (excluding diaryl/α,β-unsaturated/α-hetero) is 1. The van der Waals surface area contributed by atoms with Crippen LogP contribution in [-0.2, 0) is 4.79 Å². The largest absolute Gasteiger partial charge is 0.369 e. The summed E-state index contributed by atoms with van der Waals surface area (Å²) in [6.07, 6.45) is 4.26. The van der Waals surface area contributed by atoms with Crippen molar-refractivity contribution in [2.24, 2.45) is 5.92 Å². The normalized spacial score (nSPS) is 24.3. The molecule has 0 amide bonds. The molecule has 0 N–H and O–H groups in total. The first-order valence-electron chi connectivity index (χ1n) is 8.29. The molecule has 1 aliphatic heterocycles. The van der Waals surface area contributed by atoms with E-state index in [1.807, 2.05) is 0 Å². The van der Waals surface area contributed by atoms with Crippen LogP contribution >= 0.6 is 0 Å². The highest BCUT2D eigenvalue weighted by Gasteiger charge is 2.26. The Morgan fingerprint density at radius 3 is 2.67 bits per heavy atom. The molecule has 1 unspecified atom stereocenters. The van der Waals surface area contributed by atoms with Crippen LogP contribution in [0.5, 0.6) is 0 Å². The molecule has 3 heteroatoms. The monoisotopic (exact) mass is 286 g/mol. The number of hydrogen-bond donors (Lipinski definition) is 0. The Kier molecular flexibility index (Phi) is 4.59. The minimum absolute atomic E-state index is 0.310. The Balaban J connectivity index is 1.52. The predicted molar refractivity (Wildman–Crippen MR) is 86.8 cm³/mol. The molecule has 0 aromatic heterocycles. The van der Waals surface area contributed by atoms with Gasteiger partial charge in [-0.3, -0.25) is 9.69 Å². The molecule has 2 aliphatic rings. The summed E-state index contributed by atoms with van der Waals surface area (Å²) in [4.78, 5) is 16.9. The average molecular weight is 286 g/mol. The topological polar surface area (TPSA) is 23.6 Å². The van der Waals surface area contributed by atoms with Crippen LogP contribution in [0.3, 0.4) is 0 Å². The van der Waals surface area contributed by atoms with Gasteiger partial charge in [0.25, 0.3) is 0 Å². The Hall–Kier alpha value is -1.35. The van der Waals surface area contributed by atoms with E-state index in [4.69, 9.17) is 0 Å². The minimum Gasteiger partial charge on any atom is -0.369 e. The SMILES string of the molecule is Cc1cccc(N2CCN(CC3CCCCC3=O)CC2)c1. The molecule has 0 bridgehead atoms. The van der Waals surface area contributed by atoms with Crippen molar-refractivity contribution in [3.05, 3.63) is 29.8 Å². The second-order valence-corrected chi connectivity index (χ2v) is 6.54. The van der Waals surface area contributed by atoms with Crippen molar-refractivity contribution in [3.63, 3.8) is 0 Å². The van der Waals surface area contributed by atoms with E-state index in [2.05, 4.69) is 41.0 Å². The van der Waals surface area contributed by atoms with E-state index in [0.717, 1.165) is 52.0 Å². The number of ketones is 1. The third kappa shape index (κ3) is 3.65. The van der Waals surface area contributed by atoms with E-state index in [0.29, 0.717) is 11.7 Å². The molecule has 2 fully saturated rings. The number of anilines is 1. The van der Waals surface area contributed by atoms with Gasteiger partial charge < -0.3 is 4.90 Å². The molecule has 1 aromatic rings. The van der Waals surface area contributed by atoms with Crippen LogP contribution in [0.1, 0.15) is 31.2 Å². The number of piperazine rings is 1. The minimum atomic E-state index is 0.310. The van der Waals surface area contributed by atoms with Crippen molar-refractivity contribution in [2.75, 3.05) is 37.6 Å². The zero-order valence-corrected chi connectivity index (χ0v) is 13.1. The highest BCUT2D eigenvalue weighted by atomic mass is 16.1. The van der Waals surface area contributed by atoms with E-state index >= 15 is 0 Å². The number of benzene rings is 1. The molecule has 1 saturated carbocycles. The summed E-state index contributed by atoms with van der Waals surface area (Å²) in [6.45, 7) is 7.44. The molecule has 1 aliphatic carbocycles. The van der Waals surface area contributed by atoms with Gasteiger partial charge in [-0.2, -0.15) is 0 Å². The Morgan fingerprint density at radius 1 is 1.14 bits per heavy atom. The zero-order valence-electron chi connectivity index (χ0n) is 13.1. The summed E-state index contributed by atoms with van der Waals surface area (Å²) in [5.41, 5.74) is 2.66. The van der Waals surface area contributed by atoms with Crippen LogP contribution in [0.15, 0.2) is 24.3 Å². The van der Waals surface area contributed by atoms with E-state index in [1.54, 1.807) is 0 Å². The van der Waals surface area contributed by atoms with Crippen LogP contribution in [0, 0.1) is 12.8 Å². The van der Waals surface area contributed by atoms with Gasteiger partial charge in [-0.1, -0.05) is 18.6 Å². The van der Waals surface area contributed by atoms with Gasteiger partial charge in [0.1, 0.15) is 5.78 Å². The average Bonchev–Trinajstić information content (AvgIpc) is 2.50. The molecular weight excluding hydrogens is 260 g/mol. The molecule has 1 aromatic carbocycles. The standard InChI is InChI=1S/C18H26N2O/c1-15-5-4-7-17(13-15)20-11-9-19(10-12-20)14-16-6-2-3-8-18(16)21/h4-5,7,13,16H,2-3,6,8-12,14H2,1H3. The Bertz CT molecular complexity index is 492. The smallest absolute Gasteiger partial charge is 0.137 e. The molecule has 3 rings (SSSR count). The maximum atomic E-state index is 12.0. The van der Waals surface area contributed by atoms with Crippen molar-refractivity contribution >= 4 is 11.5 Å². The van der Waals surface area contributed by atoms with Gasteiger partial charge in [-0.05, 0) is 37.5 Å². The quantitative estimate of drug-likeness (QED) is 0.853. The molecule has 21 heavy (non-hydrogen) atoms. The fraction of sp³-hybridized carbons (Fsp3) is 0.611. The maximum Gasteiger partial charge on any atom is 0.137 e. The van der Waals surface area contributed by atoms with Crippen LogP contribution in [0.25, 0.3) is 0 Å². The van der Waals surface area contributed by atoms with Crippen LogP contribution in [0.4, 0.5) is 5.69 Å². The number of hydrogen-bond acceptors (Lipinski definition) is 3. The van der Waals surface area contributed by atoms with Gasteiger partial charge in [-0.15, -0.1) is 0 Å². The summed E-state index contributed by atoms with van der Waals surface area (Å²) in [5, 5.41) is 0. The lowest BCUT2D eigenvalue weighted by molar-refractivity contribution is -0.125. The summed E-state index contributed by atoms with van der Waals surface area (Å²) in [6, 6.07) is 8.75. The first kappa shape index (κ1) is 14.6. The van der Waals surface area contributed by atoms with Gasteiger partial charge in [0, 0.05) is 50.7 Å². The third-order valence-electron chi connectivity index (χ3n) is 4.90. The lowest BCUT2D eigenvalue weighted by Crippen LogP contribution is -2.48. The molecule has 114 valence electrons. The van der Waals surface area contributed by atoms with E-state index in [1.165, 1.54) is 17.7 Å². The number of nitrogens with zero attached hydrogens (tertiary/aromatic N) is 2. The van der Waals surface area contributed by atoms with Crippen molar-refractivity contribution < 1.29 is 4.79 Å². The van der Waals surface area contributed by atoms with Gasteiger partial charge in [0.15, 0.2) is 0 Å². The summed E-state index contributed by atoms with van der Waals surface area (Å²) < 4.78 is 0. The highest BCUT2D eigenvalue weighted by molar-refractivity contribution is 5.81. The second-order valence-electron chi connectivity index (χ2n) is 6.54. The summed E-state index contributed by atoms with van der Waals surface area (Å²) >= 11 is 0. The molecule has 0 radical (unpaired) electrons. The first-order chi connectivity index (χ1) is 10.2. The molecule has 1 atom stereocenters. The third-order valence-corrected chi connectivity index (χ3v) is 4.90. The lowest BCUT2D eigenvalue weighted by Gasteiger charge is -2.38. The van der Waals surface area contributed by atoms with Crippen molar-refractivity contribution in [1.29, 1.82) is 0 Å². The fourth-order valence-electron chi connectivity index (χ4n) is 3.57. The van der Waals surface area contributed by atoms with Crippen molar-refractivity contribution in [3.8, 4) is 0 Å². The molecular formula is C18H26N2O. The molecule has 3 nitrogen and oxygen atoms in total. The Morgan fingerprint density at radius 2 is 1.95 bits per heavy atom. The number of carbonyl (C=O) groups excluding carboxylic acids is 1. The number of aryl methyl sites for hydroxylation is 1. The molecule has 1 saturated heterocycles. The van der Waals surface area contributed by atoms with Crippen LogP contribution < -0.4 is 4.90 Å². The summed E-state index contributed by atoms with van der Waals surface area (Å²) in [5.74, 6) is 0.812. The zero-order chi connectivity index (χ0) is 14.7. The maximum absolute atomic E-state index is 12.0. The Labute approximate surface area is 127 Å². The lowest BCUT2D eigenvalue weighted by atomic mass is 9.87. The predicted octanol–water partition coefficient (Wildman–Crippen LogP) is 2.88. The second kappa shape index (κ2) is 6.61. The van der Waals surface area contributed by atoms with Gasteiger partial charge >= 0.3 is 0 Å². The fourth-order valence-corrected chi connectivity index (χ4v) is 3.57. The van der Waals surface area contributed by atoms with E-state index in [9.17, 15) is 4.79 Å². The number of carbonyl (C=O) groups is 1. The highest BCUT2D eigenvalue weighted by Crippen LogP contribution is 2.23. The van der Waals surface area contributed by atoms with Crippen molar-refractivity contribution in [2.45, 2.75) is 32.6 Å². The number of rotatable bonds is 3. The van der Waals surface area contributed by atoms with Crippen LogP contribution in [-0.4, -0.2) is 43.4 Å². The van der Waals surface area contributed by atoms with Gasteiger partial charge in [0.05, 0.1) is 0 Å². The molecule has 1 heterocycles. The van der Waals surface area contributed by atoms with E-state index in [-0.39, 0.29) is 0 Å². The summed E-state index contributed by atoms with van der Waals surface area (Å²) in [7, 11) is 0. The van der Waals surface area contributed by atoms with E-state index < -0.39 is 0 Å².